The number of hydrogen-bond acceptors (Lipinski definition) is 3. The first kappa shape index (κ1) is 18.1. The monoisotopic (exact) mass is 359 g/mol. The Hall–Kier alpha value is -1.69. The summed E-state index contributed by atoms with van der Waals surface area (Å²) in [7, 11) is -3.55. The van der Waals surface area contributed by atoms with E-state index in [1.54, 1.807) is 16.4 Å². The second kappa shape index (κ2) is 7.68. The van der Waals surface area contributed by atoms with Crippen molar-refractivity contribution in [3.8, 4) is 0 Å². The topological polar surface area (TPSA) is 49.9 Å². The summed E-state index contributed by atoms with van der Waals surface area (Å²) in [6.45, 7) is 5.52. The lowest BCUT2D eigenvalue weighted by Gasteiger charge is -2.22. The van der Waals surface area contributed by atoms with Crippen LogP contribution < -0.4 is 0 Å². The van der Waals surface area contributed by atoms with Gasteiger partial charge in [-0.2, -0.15) is 4.31 Å². The molecule has 1 fully saturated rings. The van der Waals surface area contributed by atoms with Gasteiger partial charge in [-0.15, -0.1) is 0 Å². The Labute approximate surface area is 150 Å². The van der Waals surface area contributed by atoms with Crippen LogP contribution in [0.25, 0.3) is 0 Å². The SMILES string of the molecule is CCCc1ccc(S(=O)(=O)N(Cc2ccccc2C)CC2CO2)cc1. The van der Waals surface area contributed by atoms with E-state index in [0.717, 1.165) is 29.5 Å². The number of nitrogens with zero attached hydrogens (tertiary/aromatic N) is 1. The third kappa shape index (κ3) is 4.48. The van der Waals surface area contributed by atoms with E-state index in [2.05, 4.69) is 6.92 Å². The third-order valence-electron chi connectivity index (χ3n) is 4.52. The number of hydrogen-bond donors (Lipinski definition) is 0. The summed E-state index contributed by atoms with van der Waals surface area (Å²) in [6, 6.07) is 15.2. The van der Waals surface area contributed by atoms with Crippen molar-refractivity contribution in [2.45, 2.75) is 44.2 Å². The molecule has 1 aliphatic rings. The molecule has 0 N–H and O–H groups in total. The van der Waals surface area contributed by atoms with Gasteiger partial charge in [0.1, 0.15) is 0 Å². The zero-order chi connectivity index (χ0) is 17.9. The molecule has 3 rings (SSSR count). The quantitative estimate of drug-likeness (QED) is 0.678. The molecule has 1 atom stereocenters. The van der Waals surface area contributed by atoms with Crippen LogP contribution in [0.15, 0.2) is 53.4 Å². The summed E-state index contributed by atoms with van der Waals surface area (Å²) in [5.74, 6) is 0. The molecule has 1 heterocycles. The maximum Gasteiger partial charge on any atom is 0.243 e. The molecule has 1 saturated heterocycles. The Kier molecular flexibility index (Phi) is 5.57. The molecule has 0 aliphatic carbocycles. The van der Waals surface area contributed by atoms with E-state index in [-0.39, 0.29) is 6.10 Å². The zero-order valence-electron chi connectivity index (χ0n) is 14.8. The first-order valence-electron chi connectivity index (χ1n) is 8.76. The summed E-state index contributed by atoms with van der Waals surface area (Å²) < 4.78 is 33.1. The van der Waals surface area contributed by atoms with Crippen LogP contribution in [0.4, 0.5) is 0 Å². The lowest BCUT2D eigenvalue weighted by atomic mass is 10.1. The van der Waals surface area contributed by atoms with Crippen LogP contribution in [0.5, 0.6) is 0 Å². The highest BCUT2D eigenvalue weighted by atomic mass is 32.2. The number of epoxide rings is 1. The van der Waals surface area contributed by atoms with Crippen LogP contribution in [-0.4, -0.2) is 32.0 Å². The fourth-order valence-electron chi connectivity index (χ4n) is 2.89. The van der Waals surface area contributed by atoms with E-state index in [4.69, 9.17) is 4.74 Å². The van der Waals surface area contributed by atoms with Gasteiger partial charge in [-0.1, -0.05) is 49.7 Å². The molecule has 5 heteroatoms. The highest BCUT2D eigenvalue weighted by Crippen LogP contribution is 2.23. The van der Waals surface area contributed by atoms with Gasteiger partial charge in [0.05, 0.1) is 17.6 Å². The zero-order valence-corrected chi connectivity index (χ0v) is 15.6. The predicted molar refractivity (Wildman–Crippen MR) is 99.0 cm³/mol. The maximum atomic E-state index is 13.2. The van der Waals surface area contributed by atoms with E-state index >= 15 is 0 Å². The van der Waals surface area contributed by atoms with Crippen LogP contribution >= 0.6 is 0 Å². The van der Waals surface area contributed by atoms with Gasteiger partial charge in [0.2, 0.25) is 10.0 Å². The average Bonchev–Trinajstić information content (AvgIpc) is 3.41. The Bertz CT molecular complexity index is 811. The minimum atomic E-state index is -3.55. The van der Waals surface area contributed by atoms with Gasteiger partial charge in [-0.25, -0.2) is 8.42 Å². The fraction of sp³-hybridized carbons (Fsp3) is 0.400. The highest BCUT2D eigenvalue weighted by Gasteiger charge is 2.32. The summed E-state index contributed by atoms with van der Waals surface area (Å²) in [6.07, 6.45) is 2.02. The molecular weight excluding hydrogens is 334 g/mol. The molecule has 1 unspecified atom stereocenters. The van der Waals surface area contributed by atoms with Gasteiger partial charge in [0.25, 0.3) is 0 Å². The molecule has 134 valence electrons. The molecule has 4 nitrogen and oxygen atoms in total. The molecule has 2 aromatic carbocycles. The molecule has 0 saturated carbocycles. The number of rotatable bonds is 8. The molecule has 0 spiro atoms. The van der Waals surface area contributed by atoms with Crippen molar-refractivity contribution in [1.82, 2.24) is 4.31 Å². The van der Waals surface area contributed by atoms with E-state index in [1.807, 2.05) is 43.3 Å². The van der Waals surface area contributed by atoms with Crippen LogP contribution in [0.1, 0.15) is 30.0 Å². The summed E-state index contributed by atoms with van der Waals surface area (Å²) in [5, 5.41) is 0. The second-order valence-corrected chi connectivity index (χ2v) is 8.51. The maximum absolute atomic E-state index is 13.2. The first-order chi connectivity index (χ1) is 12.0. The summed E-state index contributed by atoms with van der Waals surface area (Å²) >= 11 is 0. The number of aryl methyl sites for hydroxylation is 2. The number of benzene rings is 2. The Balaban J connectivity index is 1.87. The number of sulfonamides is 1. The van der Waals surface area contributed by atoms with Crippen molar-refractivity contribution in [3.63, 3.8) is 0 Å². The largest absolute Gasteiger partial charge is 0.372 e. The molecule has 1 aliphatic heterocycles. The van der Waals surface area contributed by atoms with E-state index in [0.29, 0.717) is 24.6 Å². The van der Waals surface area contributed by atoms with Crippen molar-refractivity contribution in [2.75, 3.05) is 13.2 Å². The van der Waals surface area contributed by atoms with Gasteiger partial charge in [-0.3, -0.25) is 0 Å². The average molecular weight is 359 g/mol. The van der Waals surface area contributed by atoms with Gasteiger partial charge in [-0.05, 0) is 42.2 Å². The highest BCUT2D eigenvalue weighted by molar-refractivity contribution is 7.89. The van der Waals surface area contributed by atoms with Gasteiger partial charge in [0.15, 0.2) is 0 Å². The Morgan fingerprint density at radius 2 is 1.80 bits per heavy atom. The summed E-state index contributed by atoms with van der Waals surface area (Å²) in [5.41, 5.74) is 3.28. The van der Waals surface area contributed by atoms with E-state index < -0.39 is 10.0 Å². The lowest BCUT2D eigenvalue weighted by Crippen LogP contribution is -2.34. The predicted octanol–water partition coefficient (Wildman–Crippen LogP) is 3.54. The van der Waals surface area contributed by atoms with E-state index in [1.165, 1.54) is 0 Å². The molecule has 0 radical (unpaired) electrons. The Morgan fingerprint density at radius 3 is 2.40 bits per heavy atom. The molecule has 2 aromatic rings. The van der Waals surface area contributed by atoms with Gasteiger partial charge >= 0.3 is 0 Å². The van der Waals surface area contributed by atoms with Crippen molar-refractivity contribution in [3.05, 3.63) is 65.2 Å². The number of ether oxygens (including phenoxy) is 1. The van der Waals surface area contributed by atoms with E-state index in [9.17, 15) is 8.42 Å². The van der Waals surface area contributed by atoms with Crippen molar-refractivity contribution in [1.29, 1.82) is 0 Å². The first-order valence-corrected chi connectivity index (χ1v) is 10.2. The molecule has 0 bridgehead atoms. The van der Waals surface area contributed by atoms with Crippen LogP contribution in [0, 0.1) is 6.92 Å². The normalized spacial score (nSPS) is 17.0. The van der Waals surface area contributed by atoms with Crippen molar-refractivity contribution < 1.29 is 13.2 Å². The standard InChI is InChI=1S/C20H25NO3S/c1-3-6-17-9-11-20(12-10-17)25(22,23)21(14-19-15-24-19)13-18-8-5-4-7-16(18)2/h4-5,7-12,19H,3,6,13-15H2,1-2H3. The summed E-state index contributed by atoms with van der Waals surface area (Å²) in [4.78, 5) is 0.349. The molecular formula is C20H25NO3S. The molecule has 25 heavy (non-hydrogen) atoms. The molecule has 0 amide bonds. The van der Waals surface area contributed by atoms with Crippen LogP contribution in [-0.2, 0) is 27.7 Å². The van der Waals surface area contributed by atoms with Crippen LogP contribution in [0.3, 0.4) is 0 Å². The Morgan fingerprint density at radius 1 is 1.12 bits per heavy atom. The van der Waals surface area contributed by atoms with Crippen molar-refractivity contribution in [2.24, 2.45) is 0 Å². The smallest absolute Gasteiger partial charge is 0.243 e. The van der Waals surface area contributed by atoms with Crippen molar-refractivity contribution >= 4 is 10.0 Å². The minimum Gasteiger partial charge on any atom is -0.372 e. The molecule has 0 aromatic heterocycles. The minimum absolute atomic E-state index is 0.0122. The second-order valence-electron chi connectivity index (χ2n) is 6.57. The van der Waals surface area contributed by atoms with Crippen LogP contribution in [0.2, 0.25) is 0 Å². The van der Waals surface area contributed by atoms with Gasteiger partial charge < -0.3 is 4.74 Å². The third-order valence-corrected chi connectivity index (χ3v) is 6.34. The van der Waals surface area contributed by atoms with Gasteiger partial charge in [0, 0.05) is 13.1 Å². The fourth-order valence-corrected chi connectivity index (χ4v) is 4.34. The lowest BCUT2D eigenvalue weighted by molar-refractivity contribution is 0.331.